The molecule has 1 aliphatic rings. The first-order valence-electron chi connectivity index (χ1n) is 6.86. The van der Waals surface area contributed by atoms with Crippen molar-refractivity contribution in [2.24, 2.45) is 0 Å². The molecule has 0 radical (unpaired) electrons. The third-order valence-corrected chi connectivity index (χ3v) is 3.72. The second-order valence-corrected chi connectivity index (χ2v) is 5.46. The maximum Gasteiger partial charge on any atom is 0.356 e. The average Bonchev–Trinajstić information content (AvgIpc) is 2.83. The van der Waals surface area contributed by atoms with Gasteiger partial charge in [-0.1, -0.05) is 13.8 Å². The molecular formula is C14H21N3O3. The Hall–Kier alpha value is -1.69. The molecule has 20 heavy (non-hydrogen) atoms. The standard InChI is InChI=1S/C14H21N3O3/c1-8(2)13-15-7-11(12(16-13)14(18)19)17(4)10-5-6-20-9(10)3/h7-10H,5-6H2,1-4H3,(H,18,19). The van der Waals surface area contributed by atoms with Gasteiger partial charge in [-0.25, -0.2) is 14.8 Å². The largest absolute Gasteiger partial charge is 0.476 e. The van der Waals surface area contributed by atoms with E-state index in [-0.39, 0.29) is 23.8 Å². The van der Waals surface area contributed by atoms with Gasteiger partial charge in [0.1, 0.15) is 5.82 Å². The van der Waals surface area contributed by atoms with Crippen LogP contribution in [0.1, 0.15) is 49.4 Å². The second-order valence-electron chi connectivity index (χ2n) is 5.46. The molecular weight excluding hydrogens is 258 g/mol. The van der Waals surface area contributed by atoms with E-state index in [4.69, 9.17) is 4.74 Å². The van der Waals surface area contributed by atoms with E-state index >= 15 is 0 Å². The van der Waals surface area contributed by atoms with Crippen molar-refractivity contribution in [1.29, 1.82) is 0 Å². The zero-order valence-corrected chi connectivity index (χ0v) is 12.3. The summed E-state index contributed by atoms with van der Waals surface area (Å²) in [6, 6.07) is 0.154. The van der Waals surface area contributed by atoms with Gasteiger partial charge in [-0.15, -0.1) is 0 Å². The molecule has 0 amide bonds. The number of carboxylic acid groups (broad SMARTS) is 1. The molecule has 0 bridgehead atoms. The molecule has 2 rings (SSSR count). The SMILES string of the molecule is CC(C)c1ncc(N(C)C2CCOC2C)c(C(=O)O)n1. The van der Waals surface area contributed by atoms with Crippen molar-refractivity contribution in [3.8, 4) is 0 Å². The van der Waals surface area contributed by atoms with Crippen LogP contribution in [0.2, 0.25) is 0 Å². The predicted molar refractivity (Wildman–Crippen MR) is 75.3 cm³/mol. The van der Waals surface area contributed by atoms with Gasteiger partial charge in [0.25, 0.3) is 0 Å². The molecule has 2 atom stereocenters. The molecule has 0 spiro atoms. The fraction of sp³-hybridized carbons (Fsp3) is 0.643. The van der Waals surface area contributed by atoms with Crippen LogP contribution in [-0.2, 0) is 4.74 Å². The molecule has 1 fully saturated rings. The maximum atomic E-state index is 11.4. The summed E-state index contributed by atoms with van der Waals surface area (Å²) < 4.78 is 5.54. The number of hydrogen-bond acceptors (Lipinski definition) is 5. The Bertz CT molecular complexity index is 504. The Morgan fingerprint density at radius 3 is 2.75 bits per heavy atom. The van der Waals surface area contributed by atoms with Crippen LogP contribution < -0.4 is 4.90 Å². The number of nitrogens with zero attached hydrogens (tertiary/aromatic N) is 3. The number of aromatic nitrogens is 2. The second kappa shape index (κ2) is 5.75. The monoisotopic (exact) mass is 279 g/mol. The van der Waals surface area contributed by atoms with E-state index in [1.165, 1.54) is 0 Å². The number of likely N-dealkylation sites (N-methyl/N-ethyl adjacent to an activating group) is 1. The quantitative estimate of drug-likeness (QED) is 0.907. The van der Waals surface area contributed by atoms with Crippen molar-refractivity contribution in [2.45, 2.75) is 45.3 Å². The van der Waals surface area contributed by atoms with Gasteiger partial charge in [0.05, 0.1) is 24.0 Å². The van der Waals surface area contributed by atoms with Gasteiger partial charge in [0.2, 0.25) is 0 Å². The Morgan fingerprint density at radius 1 is 1.55 bits per heavy atom. The van der Waals surface area contributed by atoms with Crippen LogP contribution in [0.4, 0.5) is 5.69 Å². The minimum atomic E-state index is -1.03. The van der Waals surface area contributed by atoms with Crippen LogP contribution in [0.3, 0.4) is 0 Å². The van der Waals surface area contributed by atoms with Crippen LogP contribution in [0.15, 0.2) is 6.20 Å². The summed E-state index contributed by atoms with van der Waals surface area (Å²) >= 11 is 0. The molecule has 1 N–H and O–H groups in total. The summed E-state index contributed by atoms with van der Waals surface area (Å²) in [5.41, 5.74) is 0.606. The van der Waals surface area contributed by atoms with E-state index in [0.717, 1.165) is 6.42 Å². The Kier molecular flexibility index (Phi) is 4.23. The average molecular weight is 279 g/mol. The molecule has 0 aromatic carbocycles. The number of aromatic carboxylic acids is 1. The van der Waals surface area contributed by atoms with Gasteiger partial charge in [-0.05, 0) is 13.3 Å². The van der Waals surface area contributed by atoms with Crippen LogP contribution >= 0.6 is 0 Å². The maximum absolute atomic E-state index is 11.4. The van der Waals surface area contributed by atoms with Crippen molar-refractivity contribution in [2.75, 3.05) is 18.6 Å². The highest BCUT2D eigenvalue weighted by molar-refractivity contribution is 5.92. The summed E-state index contributed by atoms with van der Waals surface area (Å²) in [6.07, 6.45) is 2.56. The summed E-state index contributed by atoms with van der Waals surface area (Å²) in [6.45, 7) is 6.58. The number of hydrogen-bond donors (Lipinski definition) is 1. The zero-order chi connectivity index (χ0) is 14.9. The molecule has 0 aliphatic carbocycles. The summed E-state index contributed by atoms with van der Waals surface area (Å²) in [5.74, 6) is -0.376. The van der Waals surface area contributed by atoms with Crippen molar-refractivity contribution >= 4 is 11.7 Å². The Labute approximate surface area is 118 Å². The highest BCUT2D eigenvalue weighted by atomic mass is 16.5. The minimum Gasteiger partial charge on any atom is -0.476 e. The lowest BCUT2D eigenvalue weighted by molar-refractivity contribution is 0.0690. The highest BCUT2D eigenvalue weighted by Crippen LogP contribution is 2.26. The first kappa shape index (κ1) is 14.7. The fourth-order valence-electron chi connectivity index (χ4n) is 2.49. The zero-order valence-electron chi connectivity index (χ0n) is 12.3. The van der Waals surface area contributed by atoms with Gasteiger partial charge < -0.3 is 14.7 Å². The lowest BCUT2D eigenvalue weighted by Gasteiger charge is -2.29. The lowest BCUT2D eigenvalue weighted by Crippen LogP contribution is -2.38. The van der Waals surface area contributed by atoms with E-state index in [1.807, 2.05) is 32.7 Å². The fourth-order valence-corrected chi connectivity index (χ4v) is 2.49. The normalized spacial score (nSPS) is 22.2. The molecule has 1 saturated heterocycles. The van der Waals surface area contributed by atoms with Crippen molar-refractivity contribution in [3.05, 3.63) is 17.7 Å². The van der Waals surface area contributed by atoms with Gasteiger partial charge in [-0.3, -0.25) is 0 Å². The van der Waals surface area contributed by atoms with E-state index < -0.39 is 5.97 Å². The molecule has 110 valence electrons. The van der Waals surface area contributed by atoms with Crippen molar-refractivity contribution < 1.29 is 14.6 Å². The Balaban J connectivity index is 2.37. The molecule has 6 nitrogen and oxygen atoms in total. The highest BCUT2D eigenvalue weighted by Gasteiger charge is 2.30. The van der Waals surface area contributed by atoms with Gasteiger partial charge >= 0.3 is 5.97 Å². The number of rotatable bonds is 4. The van der Waals surface area contributed by atoms with Crippen molar-refractivity contribution in [3.63, 3.8) is 0 Å². The molecule has 2 heterocycles. The van der Waals surface area contributed by atoms with E-state index in [1.54, 1.807) is 6.20 Å². The van der Waals surface area contributed by atoms with Crippen LogP contribution in [-0.4, -0.2) is 46.8 Å². The van der Waals surface area contributed by atoms with E-state index in [9.17, 15) is 9.90 Å². The molecule has 2 unspecified atom stereocenters. The number of anilines is 1. The molecule has 0 saturated carbocycles. The van der Waals surface area contributed by atoms with Gasteiger partial charge in [-0.2, -0.15) is 0 Å². The summed E-state index contributed by atoms with van der Waals surface area (Å²) in [5, 5.41) is 9.38. The van der Waals surface area contributed by atoms with Crippen LogP contribution in [0.25, 0.3) is 0 Å². The molecule has 1 aromatic heterocycles. The first-order chi connectivity index (χ1) is 9.41. The Morgan fingerprint density at radius 2 is 2.25 bits per heavy atom. The predicted octanol–water partition coefficient (Wildman–Crippen LogP) is 1.91. The smallest absolute Gasteiger partial charge is 0.356 e. The lowest BCUT2D eigenvalue weighted by atomic mass is 10.1. The molecule has 6 heteroatoms. The first-order valence-corrected chi connectivity index (χ1v) is 6.86. The number of ether oxygens (including phenoxy) is 1. The third kappa shape index (κ3) is 2.75. The van der Waals surface area contributed by atoms with E-state index in [2.05, 4.69) is 9.97 Å². The molecule has 1 aromatic rings. The number of carbonyl (C=O) groups is 1. The van der Waals surface area contributed by atoms with Crippen molar-refractivity contribution in [1.82, 2.24) is 9.97 Å². The topological polar surface area (TPSA) is 75.6 Å². The number of carboxylic acids is 1. The summed E-state index contributed by atoms with van der Waals surface area (Å²) in [7, 11) is 1.87. The summed E-state index contributed by atoms with van der Waals surface area (Å²) in [4.78, 5) is 21.8. The van der Waals surface area contributed by atoms with Gasteiger partial charge in [0.15, 0.2) is 5.69 Å². The third-order valence-electron chi connectivity index (χ3n) is 3.72. The van der Waals surface area contributed by atoms with E-state index in [0.29, 0.717) is 18.1 Å². The molecule has 1 aliphatic heterocycles. The van der Waals surface area contributed by atoms with Crippen LogP contribution in [0, 0.1) is 0 Å². The van der Waals surface area contributed by atoms with Gasteiger partial charge in [0, 0.05) is 19.6 Å². The minimum absolute atomic E-state index is 0.0605. The van der Waals surface area contributed by atoms with Crippen LogP contribution in [0.5, 0.6) is 0 Å².